The molecule has 0 unspecified atom stereocenters. The van der Waals surface area contributed by atoms with E-state index in [2.05, 4.69) is 5.32 Å². The first kappa shape index (κ1) is 11.8. The van der Waals surface area contributed by atoms with Crippen LogP contribution in [0.5, 0.6) is 0 Å². The summed E-state index contributed by atoms with van der Waals surface area (Å²) in [6, 6.07) is 4.51. The summed E-state index contributed by atoms with van der Waals surface area (Å²) in [5, 5.41) is 2.69. The largest absolute Gasteiger partial charge is 0.380 e. The minimum absolute atomic E-state index is 0.115. The fourth-order valence-corrected chi connectivity index (χ4v) is 1.30. The Labute approximate surface area is 88.2 Å². The first-order valence-electron chi connectivity index (χ1n) is 4.64. The van der Waals surface area contributed by atoms with E-state index in [-0.39, 0.29) is 17.9 Å². The standard InChI is InChI=1S/C11H14FNO2/c1-13-6-11(14)9-4-3-8(7-15-2)5-10(9)12/h3-5,13H,6-7H2,1-2H3. The van der Waals surface area contributed by atoms with Crippen LogP contribution >= 0.6 is 0 Å². The molecule has 0 saturated carbocycles. The van der Waals surface area contributed by atoms with E-state index in [1.54, 1.807) is 13.1 Å². The Hall–Kier alpha value is -1.26. The Morgan fingerprint density at radius 2 is 2.27 bits per heavy atom. The molecule has 0 atom stereocenters. The van der Waals surface area contributed by atoms with Crippen molar-refractivity contribution in [1.29, 1.82) is 0 Å². The molecule has 0 amide bonds. The lowest BCUT2D eigenvalue weighted by Crippen LogP contribution is -2.19. The van der Waals surface area contributed by atoms with Crippen LogP contribution in [0, 0.1) is 5.82 Å². The summed E-state index contributed by atoms with van der Waals surface area (Å²) in [5.41, 5.74) is 0.834. The molecule has 0 aromatic heterocycles. The van der Waals surface area contributed by atoms with Crippen molar-refractivity contribution in [2.24, 2.45) is 0 Å². The number of carbonyl (C=O) groups is 1. The zero-order valence-corrected chi connectivity index (χ0v) is 8.84. The molecule has 0 saturated heterocycles. The van der Waals surface area contributed by atoms with E-state index < -0.39 is 5.82 Å². The molecule has 1 rings (SSSR count). The molecular formula is C11H14FNO2. The molecule has 0 aliphatic heterocycles. The van der Waals surface area contributed by atoms with E-state index in [4.69, 9.17) is 4.74 Å². The van der Waals surface area contributed by atoms with Gasteiger partial charge in [0.1, 0.15) is 5.82 Å². The third-order valence-electron chi connectivity index (χ3n) is 1.98. The molecule has 0 bridgehead atoms. The highest BCUT2D eigenvalue weighted by Gasteiger charge is 2.10. The van der Waals surface area contributed by atoms with Crippen LogP contribution in [0.4, 0.5) is 4.39 Å². The molecule has 1 aromatic carbocycles. The summed E-state index contributed by atoms with van der Waals surface area (Å²) in [5.74, 6) is -0.747. The van der Waals surface area contributed by atoms with E-state index in [1.807, 2.05) is 0 Å². The summed E-state index contributed by atoms with van der Waals surface area (Å²) in [6.07, 6.45) is 0. The summed E-state index contributed by atoms with van der Waals surface area (Å²) in [4.78, 5) is 11.4. The first-order valence-corrected chi connectivity index (χ1v) is 4.64. The van der Waals surface area contributed by atoms with Crippen molar-refractivity contribution < 1.29 is 13.9 Å². The van der Waals surface area contributed by atoms with Crippen LogP contribution < -0.4 is 5.32 Å². The third kappa shape index (κ3) is 3.11. The molecule has 15 heavy (non-hydrogen) atoms. The van der Waals surface area contributed by atoms with Gasteiger partial charge in [-0.05, 0) is 24.7 Å². The number of benzene rings is 1. The molecule has 0 heterocycles. The number of ether oxygens (including phenoxy) is 1. The zero-order chi connectivity index (χ0) is 11.3. The number of halogens is 1. The van der Waals surface area contributed by atoms with Crippen LogP contribution in [0.1, 0.15) is 15.9 Å². The van der Waals surface area contributed by atoms with Crippen molar-refractivity contribution in [1.82, 2.24) is 5.32 Å². The Kier molecular flexibility index (Phi) is 4.39. The summed E-state index contributed by atoms with van der Waals surface area (Å²) < 4.78 is 18.3. The van der Waals surface area contributed by atoms with E-state index >= 15 is 0 Å². The molecule has 0 spiro atoms. The molecule has 0 radical (unpaired) electrons. The normalized spacial score (nSPS) is 10.3. The van der Waals surface area contributed by atoms with Gasteiger partial charge in [0.05, 0.1) is 18.7 Å². The molecule has 1 N–H and O–H groups in total. The van der Waals surface area contributed by atoms with E-state index in [0.29, 0.717) is 6.61 Å². The average molecular weight is 211 g/mol. The van der Waals surface area contributed by atoms with Gasteiger partial charge in [-0.3, -0.25) is 4.79 Å². The Bertz CT molecular complexity index is 352. The maximum Gasteiger partial charge on any atom is 0.179 e. The quantitative estimate of drug-likeness (QED) is 0.748. The number of likely N-dealkylation sites (N-methyl/N-ethyl adjacent to an activating group) is 1. The van der Waals surface area contributed by atoms with Crippen molar-refractivity contribution in [2.45, 2.75) is 6.61 Å². The minimum Gasteiger partial charge on any atom is -0.380 e. The van der Waals surface area contributed by atoms with Crippen LogP contribution in [0.25, 0.3) is 0 Å². The van der Waals surface area contributed by atoms with Gasteiger partial charge in [0.2, 0.25) is 0 Å². The second kappa shape index (κ2) is 5.58. The highest BCUT2D eigenvalue weighted by atomic mass is 19.1. The average Bonchev–Trinajstić information content (AvgIpc) is 2.18. The van der Waals surface area contributed by atoms with E-state index in [9.17, 15) is 9.18 Å². The Morgan fingerprint density at radius 1 is 1.53 bits per heavy atom. The Balaban J connectivity index is 2.87. The molecule has 82 valence electrons. The lowest BCUT2D eigenvalue weighted by atomic mass is 10.1. The minimum atomic E-state index is -0.496. The van der Waals surface area contributed by atoms with Crippen molar-refractivity contribution in [3.8, 4) is 0 Å². The lowest BCUT2D eigenvalue weighted by Gasteiger charge is -2.04. The number of carbonyl (C=O) groups excluding carboxylic acids is 1. The summed E-state index contributed by atoms with van der Waals surface area (Å²) in [6.45, 7) is 0.484. The highest BCUT2D eigenvalue weighted by molar-refractivity contribution is 5.97. The van der Waals surface area contributed by atoms with E-state index in [0.717, 1.165) is 5.56 Å². The van der Waals surface area contributed by atoms with Crippen LogP contribution in [-0.4, -0.2) is 26.5 Å². The highest BCUT2D eigenvalue weighted by Crippen LogP contribution is 2.11. The number of hydrogen-bond acceptors (Lipinski definition) is 3. The summed E-state index contributed by atoms with van der Waals surface area (Å²) in [7, 11) is 3.19. The third-order valence-corrected chi connectivity index (χ3v) is 1.98. The fraction of sp³-hybridized carbons (Fsp3) is 0.364. The number of nitrogens with one attached hydrogen (secondary N) is 1. The van der Waals surface area contributed by atoms with E-state index in [1.165, 1.54) is 19.2 Å². The van der Waals surface area contributed by atoms with Crippen LogP contribution in [0.2, 0.25) is 0 Å². The molecule has 1 aromatic rings. The van der Waals surface area contributed by atoms with Gasteiger partial charge in [-0.2, -0.15) is 0 Å². The maximum atomic E-state index is 13.4. The van der Waals surface area contributed by atoms with Gasteiger partial charge in [0.25, 0.3) is 0 Å². The van der Waals surface area contributed by atoms with Gasteiger partial charge >= 0.3 is 0 Å². The molecular weight excluding hydrogens is 197 g/mol. The van der Waals surface area contributed by atoms with Crippen LogP contribution in [0.3, 0.4) is 0 Å². The van der Waals surface area contributed by atoms with Crippen molar-refractivity contribution in [2.75, 3.05) is 20.7 Å². The van der Waals surface area contributed by atoms with Crippen molar-refractivity contribution >= 4 is 5.78 Å². The van der Waals surface area contributed by atoms with Crippen LogP contribution in [-0.2, 0) is 11.3 Å². The molecule has 0 aliphatic carbocycles. The zero-order valence-electron chi connectivity index (χ0n) is 8.84. The van der Waals surface area contributed by atoms with Gasteiger partial charge in [-0.25, -0.2) is 4.39 Å². The van der Waals surface area contributed by atoms with Crippen molar-refractivity contribution in [3.63, 3.8) is 0 Å². The number of Topliss-reactive ketones (excluding diaryl/α,β-unsaturated/α-hetero) is 1. The van der Waals surface area contributed by atoms with Crippen LogP contribution in [0.15, 0.2) is 18.2 Å². The van der Waals surface area contributed by atoms with Gasteiger partial charge < -0.3 is 10.1 Å². The fourth-order valence-electron chi connectivity index (χ4n) is 1.30. The van der Waals surface area contributed by atoms with Gasteiger partial charge in [-0.1, -0.05) is 6.07 Å². The number of ketones is 1. The number of methoxy groups -OCH3 is 1. The predicted molar refractivity (Wildman–Crippen MR) is 55.4 cm³/mol. The van der Waals surface area contributed by atoms with Gasteiger partial charge in [0, 0.05) is 7.11 Å². The lowest BCUT2D eigenvalue weighted by molar-refractivity contribution is 0.0989. The van der Waals surface area contributed by atoms with Gasteiger partial charge in [-0.15, -0.1) is 0 Å². The summed E-state index contributed by atoms with van der Waals surface area (Å²) >= 11 is 0. The SMILES string of the molecule is CNCC(=O)c1ccc(COC)cc1F. The predicted octanol–water partition coefficient (Wildman–Crippen LogP) is 1.37. The second-order valence-electron chi connectivity index (χ2n) is 3.20. The maximum absolute atomic E-state index is 13.4. The van der Waals surface area contributed by atoms with Gasteiger partial charge in [0.15, 0.2) is 5.78 Å². The molecule has 3 nitrogen and oxygen atoms in total. The molecule has 0 aliphatic rings. The first-order chi connectivity index (χ1) is 7.19. The monoisotopic (exact) mass is 211 g/mol. The number of rotatable bonds is 5. The number of hydrogen-bond donors (Lipinski definition) is 1. The smallest absolute Gasteiger partial charge is 0.179 e. The topological polar surface area (TPSA) is 38.3 Å². The Morgan fingerprint density at radius 3 is 2.80 bits per heavy atom. The molecule has 0 fully saturated rings. The van der Waals surface area contributed by atoms with Crippen molar-refractivity contribution in [3.05, 3.63) is 35.1 Å². The second-order valence-corrected chi connectivity index (χ2v) is 3.20. The molecule has 4 heteroatoms.